The van der Waals surface area contributed by atoms with Gasteiger partial charge in [0.15, 0.2) is 0 Å². The van der Waals surface area contributed by atoms with Crippen molar-refractivity contribution in [3.05, 3.63) is 23.9 Å². The van der Waals surface area contributed by atoms with E-state index in [1.807, 2.05) is 0 Å². The molecule has 0 saturated carbocycles. The van der Waals surface area contributed by atoms with E-state index in [2.05, 4.69) is 15.0 Å². The Bertz CT molecular complexity index is 434. The number of nitrogens with zero attached hydrogens (tertiary/aromatic N) is 1. The van der Waals surface area contributed by atoms with E-state index in [-0.39, 0.29) is 12.3 Å². The highest BCUT2D eigenvalue weighted by Crippen LogP contribution is 2.16. The van der Waals surface area contributed by atoms with E-state index in [1.165, 1.54) is 21.1 Å². The van der Waals surface area contributed by atoms with Crippen LogP contribution in [0.25, 0.3) is 0 Å². The standard InChI is InChI=1S/C12H16N2O4/c1-8(15)14-10(12(16)18-3)7-9-5-4-6-13-11(9)17-2/h4-6,10H,7H2,1-3H3,(H,14,15)/t10-/m0/s1. The summed E-state index contributed by atoms with van der Waals surface area (Å²) in [7, 11) is 2.77. The highest BCUT2D eigenvalue weighted by Gasteiger charge is 2.22. The van der Waals surface area contributed by atoms with Crippen LogP contribution in [0.5, 0.6) is 5.88 Å². The molecule has 0 radical (unpaired) electrons. The fourth-order valence-corrected chi connectivity index (χ4v) is 1.56. The summed E-state index contributed by atoms with van der Waals surface area (Å²) in [6.45, 7) is 1.34. The maximum atomic E-state index is 11.6. The normalized spacial score (nSPS) is 11.5. The molecule has 98 valence electrons. The molecule has 0 bridgehead atoms. The Morgan fingerprint density at radius 3 is 2.72 bits per heavy atom. The quantitative estimate of drug-likeness (QED) is 0.763. The zero-order valence-corrected chi connectivity index (χ0v) is 10.6. The van der Waals surface area contributed by atoms with Gasteiger partial charge in [-0.25, -0.2) is 9.78 Å². The van der Waals surface area contributed by atoms with Crippen LogP contribution in [-0.4, -0.2) is 37.1 Å². The third-order valence-electron chi connectivity index (χ3n) is 2.33. The van der Waals surface area contributed by atoms with Gasteiger partial charge in [-0.2, -0.15) is 0 Å². The summed E-state index contributed by atoms with van der Waals surface area (Å²) in [6, 6.07) is 2.77. The Kier molecular flexibility index (Phi) is 5.10. The number of pyridine rings is 1. The fraction of sp³-hybridized carbons (Fsp3) is 0.417. The summed E-state index contributed by atoms with van der Waals surface area (Å²) in [5, 5.41) is 2.53. The van der Waals surface area contributed by atoms with Crippen LogP contribution in [0, 0.1) is 0 Å². The Morgan fingerprint density at radius 2 is 2.17 bits per heavy atom. The van der Waals surface area contributed by atoms with Crippen LogP contribution in [0.3, 0.4) is 0 Å². The third kappa shape index (κ3) is 3.73. The molecule has 6 nitrogen and oxygen atoms in total. The highest BCUT2D eigenvalue weighted by atomic mass is 16.5. The van der Waals surface area contributed by atoms with Crippen molar-refractivity contribution >= 4 is 11.9 Å². The smallest absolute Gasteiger partial charge is 0.328 e. The molecule has 1 rings (SSSR count). The maximum Gasteiger partial charge on any atom is 0.328 e. The van der Waals surface area contributed by atoms with Gasteiger partial charge < -0.3 is 14.8 Å². The minimum absolute atomic E-state index is 0.267. The van der Waals surface area contributed by atoms with Crippen molar-refractivity contribution in [2.45, 2.75) is 19.4 Å². The van der Waals surface area contributed by atoms with E-state index < -0.39 is 12.0 Å². The molecule has 1 amide bonds. The van der Waals surface area contributed by atoms with E-state index in [4.69, 9.17) is 4.74 Å². The summed E-state index contributed by atoms with van der Waals surface area (Å²) >= 11 is 0. The van der Waals surface area contributed by atoms with E-state index in [1.54, 1.807) is 18.3 Å². The lowest BCUT2D eigenvalue weighted by atomic mass is 10.1. The lowest BCUT2D eigenvalue weighted by molar-refractivity contribution is -0.144. The van der Waals surface area contributed by atoms with Crippen LogP contribution in [-0.2, 0) is 20.7 Å². The van der Waals surface area contributed by atoms with Gasteiger partial charge in [0.1, 0.15) is 6.04 Å². The second-order valence-electron chi connectivity index (χ2n) is 3.65. The molecule has 0 saturated heterocycles. The number of hydrogen-bond acceptors (Lipinski definition) is 5. The lowest BCUT2D eigenvalue weighted by Crippen LogP contribution is -2.42. The average Bonchev–Trinajstić information content (AvgIpc) is 2.37. The number of rotatable bonds is 5. The summed E-state index contributed by atoms with van der Waals surface area (Å²) in [6.07, 6.45) is 1.86. The minimum atomic E-state index is -0.745. The van der Waals surface area contributed by atoms with Gasteiger partial charge >= 0.3 is 5.97 Å². The molecule has 0 unspecified atom stereocenters. The molecule has 1 atom stereocenters. The SMILES string of the molecule is COC(=O)[C@H](Cc1cccnc1OC)NC(C)=O. The molecule has 0 aliphatic carbocycles. The van der Waals surface area contributed by atoms with Crippen molar-refractivity contribution in [2.75, 3.05) is 14.2 Å². The Labute approximate surface area is 105 Å². The van der Waals surface area contributed by atoms with Gasteiger partial charge in [-0.3, -0.25) is 4.79 Å². The van der Waals surface area contributed by atoms with Crippen molar-refractivity contribution < 1.29 is 19.1 Å². The van der Waals surface area contributed by atoms with Crippen molar-refractivity contribution in [1.82, 2.24) is 10.3 Å². The van der Waals surface area contributed by atoms with Gasteiger partial charge in [0.25, 0.3) is 0 Å². The van der Waals surface area contributed by atoms with Crippen LogP contribution in [0.15, 0.2) is 18.3 Å². The Hall–Kier alpha value is -2.11. The minimum Gasteiger partial charge on any atom is -0.481 e. The van der Waals surface area contributed by atoms with Gasteiger partial charge in [-0.15, -0.1) is 0 Å². The van der Waals surface area contributed by atoms with E-state index in [0.717, 1.165) is 5.56 Å². The topological polar surface area (TPSA) is 77.5 Å². The molecule has 1 N–H and O–H groups in total. The monoisotopic (exact) mass is 252 g/mol. The van der Waals surface area contributed by atoms with Crippen LogP contribution in [0.1, 0.15) is 12.5 Å². The number of nitrogens with one attached hydrogen (secondary N) is 1. The largest absolute Gasteiger partial charge is 0.481 e. The molecule has 0 aromatic carbocycles. The maximum absolute atomic E-state index is 11.6. The predicted octanol–water partition coefficient (Wildman–Crippen LogP) is 0.310. The molecule has 1 aromatic rings. The summed E-state index contributed by atoms with van der Waals surface area (Å²) < 4.78 is 9.73. The molecule has 6 heteroatoms. The van der Waals surface area contributed by atoms with Gasteiger partial charge in [0.2, 0.25) is 11.8 Å². The van der Waals surface area contributed by atoms with Crippen LogP contribution in [0.2, 0.25) is 0 Å². The molecule has 0 aliphatic heterocycles. The van der Waals surface area contributed by atoms with Crippen LogP contribution in [0.4, 0.5) is 0 Å². The fourth-order valence-electron chi connectivity index (χ4n) is 1.56. The molecule has 0 fully saturated rings. The molecule has 0 spiro atoms. The molecular formula is C12H16N2O4. The van der Waals surface area contributed by atoms with Crippen molar-refractivity contribution in [2.24, 2.45) is 0 Å². The highest BCUT2D eigenvalue weighted by molar-refractivity contribution is 5.83. The van der Waals surface area contributed by atoms with Crippen molar-refractivity contribution in [3.8, 4) is 5.88 Å². The lowest BCUT2D eigenvalue weighted by Gasteiger charge is -2.16. The predicted molar refractivity (Wildman–Crippen MR) is 64.1 cm³/mol. The Morgan fingerprint density at radius 1 is 1.44 bits per heavy atom. The summed E-state index contributed by atoms with van der Waals surface area (Å²) in [5.74, 6) is -0.374. The zero-order chi connectivity index (χ0) is 13.5. The number of ether oxygens (including phenoxy) is 2. The zero-order valence-electron chi connectivity index (χ0n) is 10.6. The Balaban J connectivity index is 2.88. The van der Waals surface area contributed by atoms with E-state index in [0.29, 0.717) is 5.88 Å². The number of carbonyl (C=O) groups is 2. The average molecular weight is 252 g/mol. The first kappa shape index (κ1) is 14.0. The summed E-state index contributed by atoms with van der Waals surface area (Å²) in [4.78, 5) is 26.6. The molecule has 1 aromatic heterocycles. The molecule has 0 aliphatic rings. The molecular weight excluding hydrogens is 236 g/mol. The number of esters is 1. The summed E-state index contributed by atoms with van der Waals surface area (Å²) in [5.41, 5.74) is 0.726. The van der Waals surface area contributed by atoms with Gasteiger partial charge in [-0.05, 0) is 6.07 Å². The molecule has 18 heavy (non-hydrogen) atoms. The van der Waals surface area contributed by atoms with Gasteiger partial charge in [0.05, 0.1) is 14.2 Å². The first-order valence-corrected chi connectivity index (χ1v) is 5.41. The molecule has 1 heterocycles. The van der Waals surface area contributed by atoms with Crippen LogP contribution >= 0.6 is 0 Å². The number of aromatic nitrogens is 1. The van der Waals surface area contributed by atoms with Crippen LogP contribution < -0.4 is 10.1 Å². The third-order valence-corrected chi connectivity index (χ3v) is 2.33. The second-order valence-corrected chi connectivity index (χ2v) is 3.65. The van der Waals surface area contributed by atoms with Gasteiger partial charge in [-0.1, -0.05) is 6.07 Å². The first-order chi connectivity index (χ1) is 8.58. The number of hydrogen-bond donors (Lipinski definition) is 1. The van der Waals surface area contributed by atoms with Gasteiger partial charge in [0, 0.05) is 25.1 Å². The first-order valence-electron chi connectivity index (χ1n) is 5.41. The second kappa shape index (κ2) is 6.58. The van der Waals surface area contributed by atoms with E-state index in [9.17, 15) is 9.59 Å². The van der Waals surface area contributed by atoms with Crippen molar-refractivity contribution in [1.29, 1.82) is 0 Å². The number of carbonyl (C=O) groups excluding carboxylic acids is 2. The van der Waals surface area contributed by atoms with Crippen molar-refractivity contribution in [3.63, 3.8) is 0 Å². The number of methoxy groups -OCH3 is 2. The number of amides is 1. The van der Waals surface area contributed by atoms with E-state index >= 15 is 0 Å².